The number of H-pyrrole nitrogens is 1. The van der Waals surface area contributed by atoms with Gasteiger partial charge in [0, 0.05) is 48.4 Å². The molecule has 0 radical (unpaired) electrons. The van der Waals surface area contributed by atoms with Crippen molar-refractivity contribution in [2.24, 2.45) is 0 Å². The van der Waals surface area contributed by atoms with Gasteiger partial charge in [-0.25, -0.2) is 0 Å². The molecule has 1 aliphatic heterocycles. The average Bonchev–Trinajstić information content (AvgIpc) is 3.15. The summed E-state index contributed by atoms with van der Waals surface area (Å²) in [5, 5.41) is 1.05. The zero-order valence-corrected chi connectivity index (χ0v) is 16.5. The van der Waals surface area contributed by atoms with E-state index < -0.39 is 5.92 Å². The number of aromatic nitrogens is 1. The molecule has 0 aliphatic carbocycles. The maximum Gasteiger partial charge on any atom is 0.254 e. The van der Waals surface area contributed by atoms with Crippen LogP contribution in [0.4, 0.5) is 0 Å². The van der Waals surface area contributed by atoms with Gasteiger partial charge in [0.25, 0.3) is 5.91 Å². The van der Waals surface area contributed by atoms with Crippen LogP contribution in [0, 0.1) is 0 Å². The fourth-order valence-corrected chi connectivity index (χ4v) is 4.40. The second-order valence-corrected chi connectivity index (χ2v) is 7.23. The van der Waals surface area contributed by atoms with E-state index in [0.29, 0.717) is 18.7 Å². The van der Waals surface area contributed by atoms with Gasteiger partial charge in [-0.2, -0.15) is 0 Å². The van der Waals surface area contributed by atoms with E-state index in [4.69, 9.17) is 0 Å². The predicted molar refractivity (Wildman–Crippen MR) is 110 cm³/mol. The van der Waals surface area contributed by atoms with Gasteiger partial charge < -0.3 is 14.8 Å². The molecule has 2 amide bonds. The quantitative estimate of drug-likeness (QED) is 0.751. The summed E-state index contributed by atoms with van der Waals surface area (Å²) in [5.41, 5.74) is 3.42. The van der Waals surface area contributed by atoms with Gasteiger partial charge in [0.1, 0.15) is 0 Å². The molecule has 1 aliphatic rings. The number of para-hydroxylation sites is 1. The van der Waals surface area contributed by atoms with Crippen molar-refractivity contribution < 1.29 is 9.59 Å². The summed E-state index contributed by atoms with van der Waals surface area (Å²) in [4.78, 5) is 33.6. The smallest absolute Gasteiger partial charge is 0.254 e. The van der Waals surface area contributed by atoms with Crippen molar-refractivity contribution >= 4 is 22.7 Å². The highest BCUT2D eigenvalue weighted by Crippen LogP contribution is 2.44. The summed E-state index contributed by atoms with van der Waals surface area (Å²) in [6.45, 7) is 5.27. The van der Waals surface area contributed by atoms with Crippen LogP contribution in [0.25, 0.3) is 10.9 Å². The molecule has 28 heavy (non-hydrogen) atoms. The molecule has 1 aromatic heterocycles. The van der Waals surface area contributed by atoms with Crippen molar-refractivity contribution in [2.45, 2.75) is 25.8 Å². The first kappa shape index (κ1) is 18.3. The van der Waals surface area contributed by atoms with E-state index in [1.165, 1.54) is 0 Å². The number of amides is 2. The SMILES string of the molecule is CCN(CC)C(=O)C1c2ccccc2C(=O)N(C)C1c1c[nH]c2ccccc12. The van der Waals surface area contributed by atoms with Gasteiger partial charge in [-0.1, -0.05) is 36.4 Å². The van der Waals surface area contributed by atoms with Gasteiger partial charge in [0.15, 0.2) is 0 Å². The molecule has 2 atom stereocenters. The summed E-state index contributed by atoms with van der Waals surface area (Å²) < 4.78 is 0. The number of rotatable bonds is 4. The third kappa shape index (κ3) is 2.70. The Labute approximate surface area is 165 Å². The van der Waals surface area contributed by atoms with Gasteiger partial charge in [0.05, 0.1) is 12.0 Å². The number of fused-ring (bicyclic) bond motifs is 2. The van der Waals surface area contributed by atoms with Crippen molar-refractivity contribution in [1.82, 2.24) is 14.8 Å². The minimum atomic E-state index is -0.432. The zero-order chi connectivity index (χ0) is 19.8. The fourth-order valence-electron chi connectivity index (χ4n) is 4.40. The third-order valence-electron chi connectivity index (χ3n) is 5.86. The first-order valence-corrected chi connectivity index (χ1v) is 9.79. The van der Waals surface area contributed by atoms with Crippen LogP contribution in [0.15, 0.2) is 54.7 Å². The molecule has 2 unspecified atom stereocenters. The number of hydrogen-bond acceptors (Lipinski definition) is 2. The third-order valence-corrected chi connectivity index (χ3v) is 5.86. The normalized spacial score (nSPS) is 19.0. The van der Waals surface area contributed by atoms with E-state index in [9.17, 15) is 9.59 Å². The van der Waals surface area contributed by atoms with Crippen LogP contribution in [-0.2, 0) is 4.79 Å². The summed E-state index contributed by atoms with van der Waals surface area (Å²) in [7, 11) is 1.80. The number of likely N-dealkylation sites (N-methyl/N-ethyl adjacent to an activating group) is 2. The van der Waals surface area contributed by atoms with E-state index >= 15 is 0 Å². The molecule has 4 rings (SSSR count). The van der Waals surface area contributed by atoms with Crippen LogP contribution in [0.3, 0.4) is 0 Å². The molecule has 0 bridgehead atoms. The van der Waals surface area contributed by atoms with Crippen molar-refractivity contribution in [1.29, 1.82) is 0 Å². The van der Waals surface area contributed by atoms with Gasteiger partial charge in [-0.3, -0.25) is 9.59 Å². The van der Waals surface area contributed by atoms with Gasteiger partial charge in [-0.15, -0.1) is 0 Å². The van der Waals surface area contributed by atoms with Crippen LogP contribution in [0.5, 0.6) is 0 Å². The molecule has 0 saturated heterocycles. The Hall–Kier alpha value is -3.08. The standard InChI is InChI=1S/C23H25N3O2/c1-4-26(5-2)23(28)20-16-11-6-7-12-17(16)22(27)25(3)21(20)18-14-24-19-13-9-8-10-15(18)19/h6-14,20-21,24H,4-5H2,1-3H3. The van der Waals surface area contributed by atoms with Gasteiger partial charge >= 0.3 is 0 Å². The molecule has 5 nitrogen and oxygen atoms in total. The Bertz CT molecular complexity index is 1040. The summed E-state index contributed by atoms with van der Waals surface area (Å²) in [5.74, 6) is -0.417. The molecular weight excluding hydrogens is 350 g/mol. The summed E-state index contributed by atoms with van der Waals surface area (Å²) in [6.07, 6.45) is 1.94. The minimum absolute atomic E-state index is 0.0468. The summed E-state index contributed by atoms with van der Waals surface area (Å²) >= 11 is 0. The van der Waals surface area contributed by atoms with Crippen LogP contribution < -0.4 is 0 Å². The monoisotopic (exact) mass is 375 g/mol. The van der Waals surface area contributed by atoms with Gasteiger partial charge in [-0.05, 0) is 31.5 Å². The van der Waals surface area contributed by atoms with Crippen molar-refractivity contribution in [3.05, 3.63) is 71.4 Å². The largest absolute Gasteiger partial charge is 0.361 e. The van der Waals surface area contributed by atoms with Gasteiger partial charge in [0.2, 0.25) is 5.91 Å². The summed E-state index contributed by atoms with van der Waals surface area (Å²) in [6, 6.07) is 15.2. The van der Waals surface area contributed by atoms with E-state index in [1.807, 2.05) is 73.5 Å². The Morgan fingerprint density at radius 3 is 2.46 bits per heavy atom. The highest BCUT2D eigenvalue weighted by atomic mass is 16.2. The highest BCUT2D eigenvalue weighted by molar-refractivity contribution is 6.02. The molecular formula is C23H25N3O2. The first-order chi connectivity index (χ1) is 13.6. The van der Waals surface area contributed by atoms with E-state index in [-0.39, 0.29) is 17.9 Å². The first-order valence-electron chi connectivity index (χ1n) is 9.79. The molecule has 2 heterocycles. The number of nitrogens with zero attached hydrogens (tertiary/aromatic N) is 2. The Kier molecular flexibility index (Phi) is 4.67. The van der Waals surface area contributed by atoms with Crippen LogP contribution in [-0.4, -0.2) is 46.7 Å². The number of nitrogens with one attached hydrogen (secondary N) is 1. The maximum atomic E-state index is 13.6. The van der Waals surface area contributed by atoms with Crippen molar-refractivity contribution in [3.8, 4) is 0 Å². The predicted octanol–water partition coefficient (Wildman–Crippen LogP) is 3.95. The molecule has 144 valence electrons. The van der Waals surface area contributed by atoms with Crippen molar-refractivity contribution in [2.75, 3.05) is 20.1 Å². The molecule has 3 aromatic rings. The molecule has 5 heteroatoms. The number of benzene rings is 2. The molecule has 0 fully saturated rings. The topological polar surface area (TPSA) is 56.4 Å². The maximum absolute atomic E-state index is 13.6. The van der Waals surface area contributed by atoms with Crippen molar-refractivity contribution in [3.63, 3.8) is 0 Å². The lowest BCUT2D eigenvalue weighted by Gasteiger charge is -2.41. The van der Waals surface area contributed by atoms with E-state index in [2.05, 4.69) is 4.98 Å². The van der Waals surface area contributed by atoms with E-state index in [0.717, 1.165) is 22.0 Å². The zero-order valence-electron chi connectivity index (χ0n) is 16.5. The fraction of sp³-hybridized carbons (Fsp3) is 0.304. The lowest BCUT2D eigenvalue weighted by molar-refractivity contribution is -0.134. The number of carbonyl (C=O) groups is 2. The minimum Gasteiger partial charge on any atom is -0.361 e. The van der Waals surface area contributed by atoms with Crippen LogP contribution in [0.2, 0.25) is 0 Å². The Morgan fingerprint density at radius 1 is 1.04 bits per heavy atom. The van der Waals surface area contributed by atoms with Crippen LogP contribution in [0.1, 0.15) is 47.3 Å². The number of aromatic amines is 1. The number of hydrogen-bond donors (Lipinski definition) is 1. The van der Waals surface area contributed by atoms with E-state index in [1.54, 1.807) is 11.9 Å². The van der Waals surface area contributed by atoms with Crippen LogP contribution >= 0.6 is 0 Å². The number of carbonyl (C=O) groups excluding carboxylic acids is 2. The Balaban J connectivity index is 1.94. The lowest BCUT2D eigenvalue weighted by Crippen LogP contribution is -2.46. The molecule has 0 saturated carbocycles. The Morgan fingerprint density at radius 2 is 1.71 bits per heavy atom. The second-order valence-electron chi connectivity index (χ2n) is 7.23. The average molecular weight is 375 g/mol. The molecule has 0 spiro atoms. The second kappa shape index (κ2) is 7.15. The lowest BCUT2D eigenvalue weighted by atomic mass is 9.79. The molecule has 2 aromatic carbocycles. The highest BCUT2D eigenvalue weighted by Gasteiger charge is 2.44. The molecule has 1 N–H and O–H groups in total.